The minimum absolute atomic E-state index is 0.465. The van der Waals surface area contributed by atoms with Crippen LogP contribution in [-0.2, 0) is 6.42 Å². The molecule has 0 radical (unpaired) electrons. The van der Waals surface area contributed by atoms with Gasteiger partial charge in [-0.1, -0.05) is 81.7 Å². The Morgan fingerprint density at radius 1 is 1.10 bits per heavy atom. The molecule has 0 heterocycles. The van der Waals surface area contributed by atoms with Gasteiger partial charge < -0.3 is 5.73 Å². The van der Waals surface area contributed by atoms with Gasteiger partial charge in [-0.2, -0.15) is 0 Å². The number of fused-ring (bicyclic) bond motifs is 1. The summed E-state index contributed by atoms with van der Waals surface area (Å²) >= 11 is 0. The molecule has 1 heteroatoms. The van der Waals surface area contributed by atoms with Crippen molar-refractivity contribution in [3.05, 3.63) is 59.2 Å². The maximum atomic E-state index is 6.10. The molecule has 1 aromatic rings. The normalized spacial score (nSPS) is 32.8. The van der Waals surface area contributed by atoms with E-state index in [1.165, 1.54) is 68.1 Å². The lowest BCUT2D eigenvalue weighted by Crippen LogP contribution is -2.18. The second kappa shape index (κ2) is 10.8. The molecule has 2 fully saturated rings. The summed E-state index contributed by atoms with van der Waals surface area (Å²) in [5.74, 6) is 4.39. The zero-order valence-electron chi connectivity index (χ0n) is 20.0. The van der Waals surface area contributed by atoms with Gasteiger partial charge in [-0.15, -0.1) is 0 Å². The maximum absolute atomic E-state index is 6.10. The number of aryl methyl sites for hydroxylation is 2. The van der Waals surface area contributed by atoms with Crippen molar-refractivity contribution >= 4 is 0 Å². The van der Waals surface area contributed by atoms with Gasteiger partial charge in [0.25, 0.3) is 0 Å². The smallest absolute Gasteiger partial charge is 0.00389 e. The molecule has 3 aliphatic carbocycles. The van der Waals surface area contributed by atoms with Crippen LogP contribution in [0.15, 0.2) is 48.1 Å². The summed E-state index contributed by atoms with van der Waals surface area (Å²) < 4.78 is 0. The number of hydrogen-bond acceptors (Lipinski definition) is 1. The van der Waals surface area contributed by atoms with E-state index in [1.54, 1.807) is 5.57 Å². The van der Waals surface area contributed by atoms with Crippen molar-refractivity contribution in [3.8, 4) is 0 Å². The van der Waals surface area contributed by atoms with Crippen LogP contribution in [0.25, 0.3) is 0 Å². The Kier molecular flexibility index (Phi) is 8.40. The Bertz CT molecular complexity index is 730. The predicted octanol–water partition coefficient (Wildman–Crippen LogP) is 7.64. The fourth-order valence-electron chi connectivity index (χ4n) is 5.79. The van der Waals surface area contributed by atoms with Crippen molar-refractivity contribution in [2.45, 2.75) is 91.5 Å². The summed E-state index contributed by atoms with van der Waals surface area (Å²) in [6, 6.07) is 9.08. The van der Waals surface area contributed by atoms with Gasteiger partial charge in [-0.3, -0.25) is 0 Å². The third-order valence-electron chi connectivity index (χ3n) is 8.03. The molecule has 0 amide bonds. The zero-order chi connectivity index (χ0) is 21.7. The largest absolute Gasteiger partial charge is 0.328 e. The van der Waals surface area contributed by atoms with Gasteiger partial charge in [0.05, 0.1) is 0 Å². The van der Waals surface area contributed by atoms with E-state index < -0.39 is 0 Å². The van der Waals surface area contributed by atoms with Crippen LogP contribution in [-0.4, -0.2) is 6.04 Å². The molecule has 6 atom stereocenters. The molecule has 0 bridgehead atoms. The number of hydrogen-bond donors (Lipinski definition) is 1. The zero-order valence-corrected chi connectivity index (χ0v) is 20.0. The van der Waals surface area contributed by atoms with Gasteiger partial charge in [-0.05, 0) is 92.6 Å². The molecule has 4 rings (SSSR count). The molecule has 0 spiro atoms. The second-order valence-corrected chi connectivity index (χ2v) is 10.5. The van der Waals surface area contributed by atoms with Crippen LogP contribution in [0.2, 0.25) is 0 Å². The van der Waals surface area contributed by atoms with Crippen LogP contribution in [0, 0.1) is 36.5 Å². The molecule has 1 aromatic carbocycles. The summed E-state index contributed by atoms with van der Waals surface area (Å²) in [5.41, 5.74) is 11.9. The standard InChI is InChI=1S/C20H33N.C9H12/c1-13(7-8-16-5-4-6-17(21)10-9-16)18-11-14(2)19-12-20(19)15(18)3;1-3-9-6-4-5-8(2)7-9/h11,14-17,19-20H,1,4-10,12,21H2,2-3H3;4-7H,3H2,1-2H3. The SMILES string of the molecule is C=C(CCC1CCCC(N)CC1)C1=CC(C)C2CC2C1C.CCc1cccc(C)c1. The van der Waals surface area contributed by atoms with Crippen molar-refractivity contribution in [1.29, 1.82) is 0 Å². The molecule has 2 saturated carbocycles. The first kappa shape index (κ1) is 23.3. The van der Waals surface area contributed by atoms with Gasteiger partial charge >= 0.3 is 0 Å². The highest BCUT2D eigenvalue weighted by Crippen LogP contribution is 2.56. The summed E-state index contributed by atoms with van der Waals surface area (Å²) in [6.45, 7) is 13.6. The van der Waals surface area contributed by atoms with Crippen molar-refractivity contribution < 1.29 is 0 Å². The lowest BCUT2D eigenvalue weighted by atomic mass is 9.79. The molecular weight excluding hydrogens is 362 g/mol. The van der Waals surface area contributed by atoms with Crippen LogP contribution in [0.1, 0.15) is 83.3 Å². The molecule has 0 aromatic heterocycles. The Labute approximate surface area is 186 Å². The van der Waals surface area contributed by atoms with Crippen LogP contribution in [0.4, 0.5) is 0 Å². The van der Waals surface area contributed by atoms with E-state index in [-0.39, 0.29) is 0 Å². The first-order chi connectivity index (χ1) is 14.4. The van der Waals surface area contributed by atoms with Gasteiger partial charge in [0.15, 0.2) is 0 Å². The predicted molar refractivity (Wildman–Crippen MR) is 131 cm³/mol. The van der Waals surface area contributed by atoms with Crippen LogP contribution < -0.4 is 5.73 Å². The Morgan fingerprint density at radius 2 is 1.90 bits per heavy atom. The number of benzene rings is 1. The van der Waals surface area contributed by atoms with Crippen molar-refractivity contribution in [1.82, 2.24) is 0 Å². The third kappa shape index (κ3) is 6.33. The van der Waals surface area contributed by atoms with Gasteiger partial charge in [-0.25, -0.2) is 0 Å². The molecule has 3 aliphatic rings. The van der Waals surface area contributed by atoms with E-state index in [0.29, 0.717) is 6.04 Å². The number of nitrogens with two attached hydrogens (primary N) is 1. The summed E-state index contributed by atoms with van der Waals surface area (Å²) in [7, 11) is 0. The quantitative estimate of drug-likeness (QED) is 0.499. The van der Waals surface area contributed by atoms with Crippen molar-refractivity contribution in [2.24, 2.45) is 35.3 Å². The Balaban J connectivity index is 0.000000239. The number of rotatable bonds is 5. The molecule has 0 saturated heterocycles. The minimum atomic E-state index is 0.465. The highest BCUT2D eigenvalue weighted by molar-refractivity contribution is 5.35. The average molecular weight is 408 g/mol. The minimum Gasteiger partial charge on any atom is -0.328 e. The number of allylic oxidation sites excluding steroid dienone is 3. The molecule has 2 N–H and O–H groups in total. The lowest BCUT2D eigenvalue weighted by Gasteiger charge is -2.26. The van der Waals surface area contributed by atoms with E-state index in [0.717, 1.165) is 36.0 Å². The first-order valence-corrected chi connectivity index (χ1v) is 12.6. The second-order valence-electron chi connectivity index (χ2n) is 10.5. The van der Waals surface area contributed by atoms with Crippen LogP contribution in [0.3, 0.4) is 0 Å². The highest BCUT2D eigenvalue weighted by atomic mass is 14.6. The average Bonchev–Trinajstić information content (AvgIpc) is 3.55. The monoisotopic (exact) mass is 407 g/mol. The summed E-state index contributed by atoms with van der Waals surface area (Å²) in [5, 5.41) is 0. The lowest BCUT2D eigenvalue weighted by molar-refractivity contribution is 0.418. The molecule has 0 aliphatic heterocycles. The van der Waals surface area contributed by atoms with E-state index in [9.17, 15) is 0 Å². The van der Waals surface area contributed by atoms with Crippen molar-refractivity contribution in [3.63, 3.8) is 0 Å². The van der Waals surface area contributed by atoms with Crippen LogP contribution >= 0.6 is 0 Å². The van der Waals surface area contributed by atoms with E-state index in [2.05, 4.69) is 64.6 Å². The third-order valence-corrected chi connectivity index (χ3v) is 8.03. The molecule has 6 unspecified atom stereocenters. The van der Waals surface area contributed by atoms with E-state index in [1.807, 2.05) is 0 Å². The summed E-state index contributed by atoms with van der Waals surface area (Å²) in [6.07, 6.45) is 14.2. The summed E-state index contributed by atoms with van der Waals surface area (Å²) in [4.78, 5) is 0. The Morgan fingerprint density at radius 3 is 2.60 bits per heavy atom. The van der Waals surface area contributed by atoms with Gasteiger partial charge in [0.1, 0.15) is 0 Å². The Hall–Kier alpha value is -1.34. The van der Waals surface area contributed by atoms with Gasteiger partial charge in [0, 0.05) is 6.04 Å². The first-order valence-electron chi connectivity index (χ1n) is 12.6. The molecule has 30 heavy (non-hydrogen) atoms. The highest BCUT2D eigenvalue weighted by Gasteiger charge is 2.47. The topological polar surface area (TPSA) is 26.0 Å². The van der Waals surface area contributed by atoms with Crippen molar-refractivity contribution in [2.75, 3.05) is 0 Å². The van der Waals surface area contributed by atoms with E-state index >= 15 is 0 Å². The van der Waals surface area contributed by atoms with Gasteiger partial charge in [0.2, 0.25) is 0 Å². The molecular formula is C29H45N. The van der Waals surface area contributed by atoms with Crippen LogP contribution in [0.5, 0.6) is 0 Å². The fraction of sp³-hybridized carbons (Fsp3) is 0.655. The maximum Gasteiger partial charge on any atom is 0.00389 e. The molecule has 1 nitrogen and oxygen atoms in total. The molecule has 166 valence electrons. The fourth-order valence-corrected chi connectivity index (χ4v) is 5.79. The van der Waals surface area contributed by atoms with E-state index in [4.69, 9.17) is 5.73 Å².